The lowest BCUT2D eigenvalue weighted by Gasteiger charge is -2.63. The molecule has 2 amide bonds. The highest BCUT2D eigenvalue weighted by atomic mass is 35.5. The summed E-state index contributed by atoms with van der Waals surface area (Å²) in [6.07, 6.45) is 5.79. The summed E-state index contributed by atoms with van der Waals surface area (Å²) in [7, 11) is -1.91. The number of ether oxygens (including phenoxy) is 4. The van der Waals surface area contributed by atoms with E-state index < -0.39 is 21.9 Å². The second-order valence-corrected chi connectivity index (χ2v) is 22.2. The van der Waals surface area contributed by atoms with Crippen LogP contribution in [-0.2, 0) is 24.3 Å². The van der Waals surface area contributed by atoms with Gasteiger partial charge in [-0.05, 0) is 93.6 Å². The van der Waals surface area contributed by atoms with Gasteiger partial charge in [0.15, 0.2) is 11.5 Å². The molecule has 0 spiro atoms. The van der Waals surface area contributed by atoms with Gasteiger partial charge in [-0.15, -0.1) is 0 Å². The van der Waals surface area contributed by atoms with E-state index >= 15 is 4.39 Å². The van der Waals surface area contributed by atoms with Crippen LogP contribution in [0.5, 0.6) is 23.0 Å². The maximum absolute atomic E-state index is 16.0. The van der Waals surface area contributed by atoms with Gasteiger partial charge in [0, 0.05) is 73.0 Å². The van der Waals surface area contributed by atoms with Crippen LogP contribution < -0.4 is 34.9 Å². The van der Waals surface area contributed by atoms with Crippen molar-refractivity contribution < 1.29 is 41.3 Å². The molecular formula is C50H63ClFN7O8S. The molecule has 4 unspecified atom stereocenters. The molecule has 0 aromatic heterocycles. The maximum atomic E-state index is 16.0. The van der Waals surface area contributed by atoms with Gasteiger partial charge in [0.1, 0.15) is 30.3 Å². The molecule has 0 bridgehead atoms. The minimum absolute atomic E-state index is 0.0104. The molecular weight excluding hydrogens is 913 g/mol. The zero-order valence-electron chi connectivity index (χ0n) is 39.6. The standard InChI is InChI=1S/C50H63ClFN7O8S/c1-7-68(62,63)57-32-13-15-39(36(25-32)37-29-58(6)46(61)44-35(37)17-20-54-44)67-41-10-8-9-40(43(41)52)65-24-23-64-33-18-21-59(22-19-33)42-16-12-31(28-55-42)45(60)56-47-49(2,3)48(50(47,4)5)66-34-14-11-30(27-53)38(51)26-34/h8-11,13-15,25-26,29,31,33,35,42,44,47-48,54-55,57H,7,12,16-24,28H2,1-6H3,(H,56,60). The summed E-state index contributed by atoms with van der Waals surface area (Å²) in [6.45, 7) is 13.3. The third-order valence-corrected chi connectivity index (χ3v) is 16.1. The van der Waals surface area contributed by atoms with Crippen molar-refractivity contribution in [2.75, 3.05) is 56.9 Å². The first-order chi connectivity index (χ1) is 32.4. The number of likely N-dealkylation sites (tertiary alicyclic amines) is 1. The van der Waals surface area contributed by atoms with Crippen molar-refractivity contribution in [2.45, 2.75) is 97.2 Å². The van der Waals surface area contributed by atoms with Gasteiger partial charge in [-0.25, -0.2) is 8.42 Å². The number of benzene rings is 3. The van der Waals surface area contributed by atoms with Crippen molar-refractivity contribution >= 4 is 44.7 Å². The van der Waals surface area contributed by atoms with Gasteiger partial charge in [-0.2, -0.15) is 9.65 Å². The number of carbonyl (C=O) groups excluding carboxylic acids is 2. The Hall–Kier alpha value is -4.96. The number of anilines is 1. The molecule has 5 aliphatic rings. The fourth-order valence-corrected chi connectivity index (χ4v) is 11.9. The highest BCUT2D eigenvalue weighted by Crippen LogP contribution is 2.56. The second kappa shape index (κ2) is 20.2. The molecule has 1 saturated carbocycles. The van der Waals surface area contributed by atoms with Gasteiger partial charge < -0.3 is 39.8 Å². The minimum Gasteiger partial charge on any atom is -0.489 e. The van der Waals surface area contributed by atoms with Crippen molar-refractivity contribution in [3.63, 3.8) is 0 Å². The molecule has 68 heavy (non-hydrogen) atoms. The zero-order valence-corrected chi connectivity index (χ0v) is 41.1. The number of nitriles is 1. The number of nitrogens with zero attached hydrogens (tertiary/aromatic N) is 3. The van der Waals surface area contributed by atoms with Crippen LogP contribution in [0.2, 0.25) is 5.02 Å². The summed E-state index contributed by atoms with van der Waals surface area (Å²) in [5.74, 6) is -0.277. The van der Waals surface area contributed by atoms with Crippen LogP contribution >= 0.6 is 11.6 Å². The molecule has 366 valence electrons. The van der Waals surface area contributed by atoms with E-state index in [-0.39, 0.29) is 89.4 Å². The maximum Gasteiger partial charge on any atom is 0.244 e. The van der Waals surface area contributed by atoms with E-state index in [0.29, 0.717) is 52.8 Å². The summed E-state index contributed by atoms with van der Waals surface area (Å²) < 4.78 is 68.3. The molecule has 3 aromatic carbocycles. The summed E-state index contributed by atoms with van der Waals surface area (Å²) in [4.78, 5) is 30.5. The minimum atomic E-state index is -3.59. The Morgan fingerprint density at radius 1 is 0.971 bits per heavy atom. The van der Waals surface area contributed by atoms with Gasteiger partial charge in [0.2, 0.25) is 27.7 Å². The zero-order chi connectivity index (χ0) is 48.5. The van der Waals surface area contributed by atoms with Gasteiger partial charge in [0.05, 0.1) is 47.2 Å². The Morgan fingerprint density at radius 2 is 1.72 bits per heavy atom. The molecule has 15 nitrogen and oxygen atoms in total. The van der Waals surface area contributed by atoms with Crippen LogP contribution in [0.3, 0.4) is 0 Å². The van der Waals surface area contributed by atoms with E-state index in [1.54, 1.807) is 62.6 Å². The van der Waals surface area contributed by atoms with Crippen LogP contribution in [0.15, 0.2) is 60.8 Å². The molecule has 8 rings (SSSR count). The fourth-order valence-electron chi connectivity index (χ4n) is 11.1. The number of sulfonamides is 1. The van der Waals surface area contributed by atoms with Crippen molar-refractivity contribution in [1.29, 1.82) is 5.26 Å². The summed E-state index contributed by atoms with van der Waals surface area (Å²) >= 11 is 6.27. The lowest BCUT2D eigenvalue weighted by atomic mass is 9.49. The molecule has 4 N–H and O–H groups in total. The average molecular weight is 977 g/mol. The van der Waals surface area contributed by atoms with Gasteiger partial charge in [-0.3, -0.25) is 19.2 Å². The molecule has 3 saturated heterocycles. The number of carbonyl (C=O) groups is 2. The number of hydrogen-bond donors (Lipinski definition) is 4. The predicted molar refractivity (Wildman–Crippen MR) is 257 cm³/mol. The number of rotatable bonds is 16. The summed E-state index contributed by atoms with van der Waals surface area (Å²) in [6, 6.07) is 16.2. The smallest absolute Gasteiger partial charge is 0.244 e. The van der Waals surface area contributed by atoms with Crippen LogP contribution in [0.4, 0.5) is 10.1 Å². The van der Waals surface area contributed by atoms with Crippen LogP contribution in [0, 0.1) is 39.8 Å². The molecule has 4 atom stereocenters. The topological polar surface area (TPSA) is 184 Å². The molecule has 4 aliphatic heterocycles. The van der Waals surface area contributed by atoms with E-state index in [4.69, 9.17) is 30.5 Å². The Balaban J connectivity index is 0.789. The highest BCUT2D eigenvalue weighted by Gasteiger charge is 2.64. The summed E-state index contributed by atoms with van der Waals surface area (Å²) in [5, 5.41) is 19.9. The van der Waals surface area contributed by atoms with Gasteiger partial charge in [-0.1, -0.05) is 45.4 Å². The van der Waals surface area contributed by atoms with Crippen molar-refractivity contribution in [3.05, 3.63) is 82.8 Å². The van der Waals surface area contributed by atoms with E-state index in [0.717, 1.165) is 44.3 Å². The molecule has 4 heterocycles. The first kappa shape index (κ1) is 49.5. The Labute approximate surface area is 404 Å². The van der Waals surface area contributed by atoms with Crippen molar-refractivity contribution in [2.24, 2.45) is 22.7 Å². The van der Waals surface area contributed by atoms with Crippen LogP contribution in [0.1, 0.15) is 77.8 Å². The average Bonchev–Trinajstić information content (AvgIpc) is 3.82. The number of amides is 2. The normalized spacial score (nSPS) is 25.9. The van der Waals surface area contributed by atoms with Crippen molar-refractivity contribution in [3.8, 4) is 29.1 Å². The Kier molecular flexibility index (Phi) is 14.7. The quantitative estimate of drug-likeness (QED) is 0.109. The predicted octanol–water partition coefficient (Wildman–Crippen LogP) is 6.88. The highest BCUT2D eigenvalue weighted by molar-refractivity contribution is 7.92. The number of hydrogen-bond acceptors (Lipinski definition) is 12. The number of likely N-dealkylation sites (N-methyl/N-ethyl adjacent to an activating group) is 1. The van der Waals surface area contributed by atoms with Gasteiger partial charge in [0.25, 0.3) is 0 Å². The molecule has 18 heteroatoms. The number of fused-ring (bicyclic) bond motifs is 1. The van der Waals surface area contributed by atoms with Crippen LogP contribution in [-0.4, -0.2) is 113 Å². The molecule has 4 fully saturated rings. The number of piperidine rings is 2. The lowest BCUT2D eigenvalue weighted by Crippen LogP contribution is -2.75. The number of nitrogens with one attached hydrogen (secondary N) is 4. The summed E-state index contributed by atoms with van der Waals surface area (Å²) in [5.41, 5.74) is 1.38. The molecule has 1 aliphatic carbocycles. The fraction of sp³-hybridized carbons (Fsp3) is 0.540. The molecule has 3 aromatic rings. The SMILES string of the molecule is CCS(=O)(=O)Nc1ccc(Oc2cccc(OCCOC3CCN(C4CCC(C(=O)NC5C(C)(C)C(Oc6ccc(C#N)c(Cl)c6)C5(C)C)CN4)CC3)c2F)c(C2=CN(C)C(=O)C3NCCC23)c1. The van der Waals surface area contributed by atoms with Crippen LogP contribution in [0.25, 0.3) is 5.57 Å². The van der Waals surface area contributed by atoms with E-state index in [1.165, 1.54) is 17.0 Å². The Morgan fingerprint density at radius 3 is 2.41 bits per heavy atom. The van der Waals surface area contributed by atoms with Crippen molar-refractivity contribution in [1.82, 2.24) is 25.8 Å². The monoisotopic (exact) mass is 975 g/mol. The first-order valence-corrected chi connectivity index (χ1v) is 25.6. The molecule has 0 radical (unpaired) electrons. The largest absolute Gasteiger partial charge is 0.489 e. The third-order valence-electron chi connectivity index (χ3n) is 14.5. The Bertz CT molecular complexity index is 2540. The lowest BCUT2D eigenvalue weighted by molar-refractivity contribution is -0.175. The number of halogens is 2. The van der Waals surface area contributed by atoms with E-state index in [9.17, 15) is 23.3 Å². The first-order valence-electron chi connectivity index (χ1n) is 23.6. The van der Waals surface area contributed by atoms with E-state index in [2.05, 4.69) is 59.3 Å². The second-order valence-electron chi connectivity index (χ2n) is 19.7. The van der Waals surface area contributed by atoms with E-state index in [1.807, 2.05) is 0 Å². The van der Waals surface area contributed by atoms with Gasteiger partial charge >= 0.3 is 0 Å². The third kappa shape index (κ3) is 10.3.